The third-order valence-electron chi connectivity index (χ3n) is 3.63. The van der Waals surface area contributed by atoms with Gasteiger partial charge in [0.15, 0.2) is 0 Å². The van der Waals surface area contributed by atoms with E-state index in [1.807, 2.05) is 25.1 Å². The minimum absolute atomic E-state index is 0.194. The Morgan fingerprint density at radius 2 is 2.28 bits per heavy atom. The first-order valence-corrected chi connectivity index (χ1v) is 6.79. The molecule has 0 spiro atoms. The number of ether oxygens (including phenoxy) is 1. The summed E-state index contributed by atoms with van der Waals surface area (Å²) in [6.45, 7) is 5.00. The van der Waals surface area contributed by atoms with Crippen LogP contribution in [0.25, 0.3) is 0 Å². The summed E-state index contributed by atoms with van der Waals surface area (Å²) < 4.78 is 5.63. The Hall–Kier alpha value is -0.770. The second-order valence-corrected chi connectivity index (χ2v) is 5.37. The van der Waals surface area contributed by atoms with Crippen LogP contribution in [-0.4, -0.2) is 24.4 Å². The van der Waals surface area contributed by atoms with Crippen LogP contribution in [0, 0.1) is 5.92 Å². The quantitative estimate of drug-likeness (QED) is 0.883. The van der Waals surface area contributed by atoms with Gasteiger partial charge in [0, 0.05) is 30.7 Å². The Kier molecular flexibility index (Phi) is 4.49. The van der Waals surface area contributed by atoms with Gasteiger partial charge in [-0.05, 0) is 18.9 Å². The molecule has 0 saturated heterocycles. The SMILES string of the molecule is CC(CO)C(C)NC1CCOc2c(Cl)cccc21. The number of rotatable bonds is 4. The van der Waals surface area contributed by atoms with E-state index in [1.165, 1.54) is 0 Å². The zero-order valence-corrected chi connectivity index (χ0v) is 11.6. The van der Waals surface area contributed by atoms with E-state index < -0.39 is 0 Å². The number of aliphatic hydroxyl groups excluding tert-OH is 1. The molecule has 3 nitrogen and oxygen atoms in total. The maximum Gasteiger partial charge on any atom is 0.142 e. The molecule has 1 aromatic rings. The molecule has 3 unspecified atom stereocenters. The van der Waals surface area contributed by atoms with Crippen LogP contribution < -0.4 is 10.1 Å². The molecular weight excluding hydrogens is 250 g/mol. The van der Waals surface area contributed by atoms with E-state index in [0.29, 0.717) is 11.6 Å². The van der Waals surface area contributed by atoms with E-state index in [4.69, 9.17) is 16.3 Å². The van der Waals surface area contributed by atoms with E-state index in [-0.39, 0.29) is 24.6 Å². The predicted octanol–water partition coefficient (Wildman–Crippen LogP) is 2.77. The van der Waals surface area contributed by atoms with Gasteiger partial charge in [0.05, 0.1) is 11.6 Å². The summed E-state index contributed by atoms with van der Waals surface area (Å²) in [5.41, 5.74) is 1.12. The Bertz CT molecular complexity index is 411. The minimum atomic E-state index is 0.194. The standard InChI is InChI=1S/C14H20ClNO2/c1-9(8-17)10(2)16-13-6-7-18-14-11(13)4-3-5-12(14)15/h3-5,9-10,13,16-17H,6-8H2,1-2H3. The van der Waals surface area contributed by atoms with E-state index in [9.17, 15) is 5.11 Å². The van der Waals surface area contributed by atoms with E-state index in [1.54, 1.807) is 0 Å². The van der Waals surface area contributed by atoms with Crippen molar-refractivity contribution < 1.29 is 9.84 Å². The van der Waals surface area contributed by atoms with Gasteiger partial charge >= 0.3 is 0 Å². The molecule has 100 valence electrons. The summed E-state index contributed by atoms with van der Waals surface area (Å²) in [4.78, 5) is 0. The van der Waals surface area contributed by atoms with Crippen LogP contribution in [0.15, 0.2) is 18.2 Å². The van der Waals surface area contributed by atoms with Gasteiger partial charge in [-0.15, -0.1) is 0 Å². The van der Waals surface area contributed by atoms with Crippen LogP contribution in [0.3, 0.4) is 0 Å². The molecular formula is C14H20ClNO2. The van der Waals surface area contributed by atoms with Crippen molar-refractivity contribution in [3.63, 3.8) is 0 Å². The lowest BCUT2D eigenvalue weighted by Gasteiger charge is -2.31. The fourth-order valence-corrected chi connectivity index (χ4v) is 2.44. The van der Waals surface area contributed by atoms with Crippen LogP contribution in [0.1, 0.15) is 31.9 Å². The topological polar surface area (TPSA) is 41.5 Å². The first-order valence-electron chi connectivity index (χ1n) is 6.41. The molecule has 18 heavy (non-hydrogen) atoms. The highest BCUT2D eigenvalue weighted by atomic mass is 35.5. The summed E-state index contributed by atoms with van der Waals surface area (Å²) in [7, 11) is 0. The van der Waals surface area contributed by atoms with Crippen LogP contribution in [0.5, 0.6) is 5.75 Å². The predicted molar refractivity (Wildman–Crippen MR) is 73.2 cm³/mol. The van der Waals surface area contributed by atoms with Crippen molar-refractivity contribution in [2.24, 2.45) is 5.92 Å². The van der Waals surface area contributed by atoms with Crippen molar-refractivity contribution in [1.82, 2.24) is 5.32 Å². The number of para-hydroxylation sites is 1. The lowest BCUT2D eigenvalue weighted by molar-refractivity contribution is 0.187. The second kappa shape index (κ2) is 5.91. The molecule has 0 bridgehead atoms. The molecule has 1 aliphatic heterocycles. The number of fused-ring (bicyclic) bond motifs is 1. The van der Waals surface area contributed by atoms with Crippen molar-refractivity contribution in [3.05, 3.63) is 28.8 Å². The van der Waals surface area contributed by atoms with Crippen molar-refractivity contribution in [2.75, 3.05) is 13.2 Å². The number of benzene rings is 1. The number of aliphatic hydroxyl groups is 1. The van der Waals surface area contributed by atoms with Crippen molar-refractivity contribution in [2.45, 2.75) is 32.4 Å². The van der Waals surface area contributed by atoms with Gasteiger partial charge in [0.1, 0.15) is 5.75 Å². The first-order chi connectivity index (χ1) is 8.63. The first kappa shape index (κ1) is 13.7. The molecule has 0 saturated carbocycles. The molecule has 2 N–H and O–H groups in total. The Morgan fingerprint density at radius 1 is 1.50 bits per heavy atom. The fraction of sp³-hybridized carbons (Fsp3) is 0.571. The Balaban J connectivity index is 2.15. The second-order valence-electron chi connectivity index (χ2n) is 4.96. The lowest BCUT2D eigenvalue weighted by Crippen LogP contribution is -2.38. The molecule has 4 heteroatoms. The Labute approximate surface area is 113 Å². The maximum atomic E-state index is 9.19. The minimum Gasteiger partial charge on any atom is -0.492 e. The van der Waals surface area contributed by atoms with Crippen LogP contribution in [0.4, 0.5) is 0 Å². The highest BCUT2D eigenvalue weighted by Gasteiger charge is 2.25. The fourth-order valence-electron chi connectivity index (χ4n) is 2.20. The van der Waals surface area contributed by atoms with Gasteiger partial charge in [-0.2, -0.15) is 0 Å². The summed E-state index contributed by atoms with van der Waals surface area (Å²) in [5.74, 6) is 1.03. The molecule has 1 aliphatic rings. The average Bonchev–Trinajstić information content (AvgIpc) is 2.39. The van der Waals surface area contributed by atoms with Crippen LogP contribution in [-0.2, 0) is 0 Å². The van der Waals surface area contributed by atoms with Gasteiger partial charge in [0.25, 0.3) is 0 Å². The highest BCUT2D eigenvalue weighted by Crippen LogP contribution is 2.37. The summed E-state index contributed by atoms with van der Waals surface area (Å²) in [5, 5.41) is 13.4. The molecule has 1 heterocycles. The zero-order chi connectivity index (χ0) is 13.1. The zero-order valence-electron chi connectivity index (χ0n) is 10.8. The molecule has 3 atom stereocenters. The maximum absolute atomic E-state index is 9.19. The van der Waals surface area contributed by atoms with Gasteiger partial charge in [-0.3, -0.25) is 0 Å². The lowest BCUT2D eigenvalue weighted by atomic mass is 9.97. The third kappa shape index (κ3) is 2.79. The summed E-state index contributed by atoms with van der Waals surface area (Å²) in [6.07, 6.45) is 0.926. The normalized spacial score (nSPS) is 21.9. The number of hydrogen-bond donors (Lipinski definition) is 2. The number of hydrogen-bond acceptors (Lipinski definition) is 3. The number of halogens is 1. The molecule has 0 amide bonds. The summed E-state index contributed by atoms with van der Waals surface area (Å²) >= 11 is 6.14. The summed E-state index contributed by atoms with van der Waals surface area (Å²) in [6, 6.07) is 6.35. The van der Waals surface area contributed by atoms with Crippen molar-refractivity contribution in [3.8, 4) is 5.75 Å². The molecule has 2 rings (SSSR count). The van der Waals surface area contributed by atoms with Crippen molar-refractivity contribution >= 4 is 11.6 Å². The van der Waals surface area contributed by atoms with Crippen LogP contribution >= 0.6 is 11.6 Å². The van der Waals surface area contributed by atoms with Gasteiger partial charge in [-0.1, -0.05) is 30.7 Å². The molecule has 1 aromatic carbocycles. The monoisotopic (exact) mass is 269 g/mol. The Morgan fingerprint density at radius 3 is 3.00 bits per heavy atom. The highest BCUT2D eigenvalue weighted by molar-refractivity contribution is 6.32. The van der Waals surface area contributed by atoms with E-state index in [2.05, 4.69) is 12.2 Å². The van der Waals surface area contributed by atoms with Gasteiger partial charge in [0.2, 0.25) is 0 Å². The smallest absolute Gasteiger partial charge is 0.142 e. The molecule has 0 aromatic heterocycles. The van der Waals surface area contributed by atoms with E-state index >= 15 is 0 Å². The third-order valence-corrected chi connectivity index (χ3v) is 3.93. The van der Waals surface area contributed by atoms with Crippen molar-refractivity contribution in [1.29, 1.82) is 0 Å². The molecule has 0 fully saturated rings. The number of nitrogens with one attached hydrogen (secondary N) is 1. The van der Waals surface area contributed by atoms with Gasteiger partial charge in [-0.25, -0.2) is 0 Å². The molecule has 0 aliphatic carbocycles. The van der Waals surface area contributed by atoms with E-state index in [0.717, 1.165) is 17.7 Å². The van der Waals surface area contributed by atoms with Gasteiger partial charge < -0.3 is 15.2 Å². The average molecular weight is 270 g/mol. The largest absolute Gasteiger partial charge is 0.492 e. The molecule has 0 radical (unpaired) electrons. The van der Waals surface area contributed by atoms with Crippen LogP contribution in [0.2, 0.25) is 5.02 Å².